The van der Waals surface area contributed by atoms with Gasteiger partial charge in [-0.05, 0) is 81.1 Å². The molecule has 0 unspecified atom stereocenters. The predicted molar refractivity (Wildman–Crippen MR) is 140 cm³/mol. The van der Waals surface area contributed by atoms with E-state index in [1.807, 2.05) is 37.3 Å². The highest BCUT2D eigenvalue weighted by molar-refractivity contribution is 5.81. The van der Waals surface area contributed by atoms with Crippen LogP contribution in [0.15, 0.2) is 63.8 Å². The molecule has 1 heterocycles. The maximum Gasteiger partial charge on any atom is 0.453 e. The van der Waals surface area contributed by atoms with Gasteiger partial charge in [-0.25, -0.2) is 0 Å². The molecule has 39 heavy (non-hydrogen) atoms. The van der Waals surface area contributed by atoms with Crippen molar-refractivity contribution in [2.24, 2.45) is 0 Å². The molecule has 0 amide bonds. The number of carbonyl (C=O) groups is 1. The minimum Gasteiger partial charge on any atom is -0.494 e. The summed E-state index contributed by atoms with van der Waals surface area (Å²) < 4.78 is 63.3. The maximum absolute atomic E-state index is 13.9. The van der Waals surface area contributed by atoms with E-state index in [0.717, 1.165) is 22.8 Å². The first-order valence-electron chi connectivity index (χ1n) is 12.3. The number of rotatable bonds is 8. The molecule has 0 fully saturated rings. The van der Waals surface area contributed by atoms with Gasteiger partial charge in [-0.2, -0.15) is 13.2 Å². The number of carbonyl (C=O) groups excluding carboxylic acids is 1. The average molecular weight is 541 g/mol. The summed E-state index contributed by atoms with van der Waals surface area (Å²) in [6.45, 7) is 7.49. The molecular weight excluding hydrogens is 513 g/mol. The number of esters is 1. The number of benzene rings is 3. The SMILES string of the molecule is Cc1ccc(OCCCC(=O)Oc2ccc3c(=O)c(Oc4cc(C)cc(C)c4C)c(C(F)(F)F)oc3c2)cc1. The largest absolute Gasteiger partial charge is 0.494 e. The first kappa shape index (κ1) is 27.8. The van der Waals surface area contributed by atoms with E-state index >= 15 is 0 Å². The van der Waals surface area contributed by atoms with Crippen molar-refractivity contribution in [1.29, 1.82) is 0 Å². The Bertz CT molecular complexity index is 1570. The summed E-state index contributed by atoms with van der Waals surface area (Å²) in [6, 6.07) is 14.5. The summed E-state index contributed by atoms with van der Waals surface area (Å²) in [5.41, 5.74) is 1.88. The summed E-state index contributed by atoms with van der Waals surface area (Å²) in [7, 11) is 0. The van der Waals surface area contributed by atoms with Crippen LogP contribution in [0.2, 0.25) is 0 Å². The van der Waals surface area contributed by atoms with Gasteiger partial charge in [0.1, 0.15) is 22.8 Å². The second-order valence-corrected chi connectivity index (χ2v) is 9.29. The molecule has 0 aliphatic carbocycles. The van der Waals surface area contributed by atoms with E-state index in [1.165, 1.54) is 12.1 Å². The Morgan fingerprint density at radius 3 is 2.28 bits per heavy atom. The van der Waals surface area contributed by atoms with Gasteiger partial charge in [0.2, 0.25) is 11.2 Å². The number of hydrogen-bond donors (Lipinski definition) is 0. The lowest BCUT2D eigenvalue weighted by Crippen LogP contribution is -2.16. The molecule has 3 aromatic carbocycles. The topological polar surface area (TPSA) is 75.0 Å². The number of ether oxygens (including phenoxy) is 3. The van der Waals surface area contributed by atoms with E-state index < -0.39 is 29.1 Å². The molecule has 0 aliphatic heterocycles. The van der Waals surface area contributed by atoms with E-state index in [-0.39, 0.29) is 35.5 Å². The normalized spacial score (nSPS) is 11.5. The molecule has 0 aliphatic rings. The molecule has 9 heteroatoms. The van der Waals surface area contributed by atoms with Crippen molar-refractivity contribution in [3.05, 3.63) is 92.8 Å². The van der Waals surface area contributed by atoms with E-state index in [4.69, 9.17) is 18.6 Å². The fourth-order valence-corrected chi connectivity index (χ4v) is 3.94. The van der Waals surface area contributed by atoms with Crippen LogP contribution in [0.4, 0.5) is 13.2 Å². The maximum atomic E-state index is 13.9. The van der Waals surface area contributed by atoms with E-state index in [0.29, 0.717) is 17.7 Å². The third-order valence-electron chi connectivity index (χ3n) is 6.10. The van der Waals surface area contributed by atoms with E-state index in [1.54, 1.807) is 26.8 Å². The fraction of sp³-hybridized carbons (Fsp3) is 0.267. The molecule has 0 saturated carbocycles. The lowest BCUT2D eigenvalue weighted by atomic mass is 10.1. The molecule has 1 aromatic heterocycles. The number of fused-ring (bicyclic) bond motifs is 1. The van der Waals surface area contributed by atoms with Gasteiger partial charge >= 0.3 is 12.1 Å². The fourth-order valence-electron chi connectivity index (χ4n) is 3.94. The third kappa shape index (κ3) is 6.60. The quantitative estimate of drug-likeness (QED) is 0.130. The monoisotopic (exact) mass is 540 g/mol. The van der Waals surface area contributed by atoms with Crippen molar-refractivity contribution < 1.29 is 36.6 Å². The van der Waals surface area contributed by atoms with Crippen LogP contribution in [-0.4, -0.2) is 12.6 Å². The van der Waals surface area contributed by atoms with Gasteiger partial charge in [0, 0.05) is 12.5 Å². The van der Waals surface area contributed by atoms with Crippen molar-refractivity contribution in [1.82, 2.24) is 0 Å². The zero-order chi connectivity index (χ0) is 28.3. The predicted octanol–water partition coefficient (Wildman–Crippen LogP) is 7.60. The van der Waals surface area contributed by atoms with Gasteiger partial charge in [-0.3, -0.25) is 9.59 Å². The highest BCUT2D eigenvalue weighted by atomic mass is 19.4. The Hall–Kier alpha value is -4.27. The third-order valence-corrected chi connectivity index (χ3v) is 6.10. The Morgan fingerprint density at radius 2 is 1.59 bits per heavy atom. The number of alkyl halides is 3. The van der Waals surface area contributed by atoms with Gasteiger partial charge < -0.3 is 18.6 Å². The molecule has 4 rings (SSSR count). The van der Waals surface area contributed by atoms with Gasteiger partial charge in [0.05, 0.1) is 12.0 Å². The molecule has 4 aromatic rings. The second-order valence-electron chi connectivity index (χ2n) is 9.29. The summed E-state index contributed by atoms with van der Waals surface area (Å²) in [6.07, 6.45) is -4.63. The summed E-state index contributed by atoms with van der Waals surface area (Å²) in [4.78, 5) is 25.4. The van der Waals surface area contributed by atoms with Gasteiger partial charge in [0.25, 0.3) is 5.76 Å². The lowest BCUT2D eigenvalue weighted by Gasteiger charge is -2.16. The van der Waals surface area contributed by atoms with Crippen LogP contribution < -0.4 is 19.6 Å². The lowest BCUT2D eigenvalue weighted by molar-refractivity contribution is -0.154. The van der Waals surface area contributed by atoms with Crippen LogP contribution in [0.5, 0.6) is 23.0 Å². The zero-order valence-corrected chi connectivity index (χ0v) is 21.9. The molecule has 204 valence electrons. The number of hydrogen-bond acceptors (Lipinski definition) is 6. The second kappa shape index (κ2) is 11.2. The highest BCUT2D eigenvalue weighted by Crippen LogP contribution is 2.39. The smallest absolute Gasteiger partial charge is 0.453 e. The van der Waals surface area contributed by atoms with Crippen LogP contribution >= 0.6 is 0 Å². The molecular formula is C30H27F3O6. The van der Waals surface area contributed by atoms with Crippen LogP contribution in [-0.2, 0) is 11.0 Å². The van der Waals surface area contributed by atoms with Crippen molar-refractivity contribution in [2.75, 3.05) is 6.61 Å². The number of aryl methyl sites for hydroxylation is 3. The van der Waals surface area contributed by atoms with Gasteiger partial charge in [-0.15, -0.1) is 0 Å². The van der Waals surface area contributed by atoms with Crippen LogP contribution in [0.1, 0.15) is 40.9 Å². The van der Waals surface area contributed by atoms with E-state index in [2.05, 4.69) is 0 Å². The van der Waals surface area contributed by atoms with Crippen molar-refractivity contribution in [3.8, 4) is 23.0 Å². The Labute approximate surface area is 222 Å². The van der Waals surface area contributed by atoms with Gasteiger partial charge in [0.15, 0.2) is 0 Å². The Morgan fingerprint density at radius 1 is 0.897 bits per heavy atom. The van der Waals surface area contributed by atoms with E-state index in [9.17, 15) is 22.8 Å². The highest BCUT2D eigenvalue weighted by Gasteiger charge is 2.40. The van der Waals surface area contributed by atoms with Crippen molar-refractivity contribution >= 4 is 16.9 Å². The molecule has 0 saturated heterocycles. The first-order chi connectivity index (χ1) is 18.4. The minimum absolute atomic E-state index is 0.0175. The molecule has 0 N–H and O–H groups in total. The molecule has 0 bridgehead atoms. The number of halogens is 3. The van der Waals surface area contributed by atoms with Gasteiger partial charge in [-0.1, -0.05) is 23.8 Å². The van der Waals surface area contributed by atoms with Crippen molar-refractivity contribution in [3.63, 3.8) is 0 Å². The van der Waals surface area contributed by atoms with Crippen LogP contribution in [0, 0.1) is 27.7 Å². The standard InChI is InChI=1S/C30H27F3O6/c1-17-7-9-21(10-8-17)36-13-5-6-26(34)37-22-11-12-23-25(16-22)39-29(30(31,32)33)28(27(23)35)38-24-15-18(2)14-19(3)20(24)4/h7-12,14-16H,5-6,13H2,1-4H3. The summed E-state index contributed by atoms with van der Waals surface area (Å²) in [5, 5.41) is -0.147. The van der Waals surface area contributed by atoms with Crippen LogP contribution in [0.3, 0.4) is 0 Å². The molecule has 0 atom stereocenters. The summed E-state index contributed by atoms with van der Waals surface area (Å²) in [5.74, 6) is -2.39. The Kier molecular flexibility index (Phi) is 7.99. The van der Waals surface area contributed by atoms with Crippen LogP contribution in [0.25, 0.3) is 11.0 Å². The first-order valence-corrected chi connectivity index (χ1v) is 12.3. The minimum atomic E-state index is -5.01. The molecule has 0 spiro atoms. The molecule has 0 radical (unpaired) electrons. The average Bonchev–Trinajstić information content (AvgIpc) is 2.86. The molecule has 6 nitrogen and oxygen atoms in total. The Balaban J connectivity index is 1.53. The zero-order valence-electron chi connectivity index (χ0n) is 21.9. The van der Waals surface area contributed by atoms with Crippen molar-refractivity contribution in [2.45, 2.75) is 46.7 Å². The summed E-state index contributed by atoms with van der Waals surface area (Å²) >= 11 is 0.